The Balaban J connectivity index is 1.76. The summed E-state index contributed by atoms with van der Waals surface area (Å²) >= 11 is 0. The highest BCUT2D eigenvalue weighted by molar-refractivity contribution is 6.90. The van der Waals surface area contributed by atoms with Crippen molar-refractivity contribution in [2.45, 2.75) is 25.1 Å². The van der Waals surface area contributed by atoms with Crippen LogP contribution in [-0.2, 0) is 6.42 Å². The van der Waals surface area contributed by atoms with Crippen LogP contribution >= 0.6 is 0 Å². The van der Waals surface area contributed by atoms with Crippen LogP contribution in [0.5, 0.6) is 0 Å². The Labute approximate surface area is 155 Å². The molecule has 1 heterocycles. The Bertz CT molecular complexity index is 959. The molecular formula is C23H23NOSi. The summed E-state index contributed by atoms with van der Waals surface area (Å²) in [6.45, 7) is 4.89. The Morgan fingerprint density at radius 2 is 1.42 bits per heavy atom. The van der Waals surface area contributed by atoms with Gasteiger partial charge in [-0.1, -0.05) is 91.1 Å². The first kappa shape index (κ1) is 16.8. The standard InChI is InChI=1S/C23H23NOSi/c1-26(2,19-13-7-4-8-14-19)22(18-11-5-3-6-12-18)17-23-24-20-15-9-10-16-21(20)25-23/h3-16,22H,17H2,1-2H3/t22-/m0/s1. The monoisotopic (exact) mass is 357 g/mol. The van der Waals surface area contributed by atoms with Gasteiger partial charge in [-0.15, -0.1) is 0 Å². The molecule has 26 heavy (non-hydrogen) atoms. The number of fused-ring (bicyclic) bond motifs is 1. The number of benzene rings is 3. The van der Waals surface area contributed by atoms with E-state index in [-0.39, 0.29) is 0 Å². The van der Waals surface area contributed by atoms with Crippen LogP contribution in [0.15, 0.2) is 89.3 Å². The summed E-state index contributed by atoms with van der Waals surface area (Å²) in [6.07, 6.45) is 0.826. The lowest BCUT2D eigenvalue weighted by atomic mass is 10.1. The molecule has 4 rings (SSSR count). The molecule has 3 heteroatoms. The van der Waals surface area contributed by atoms with Crippen molar-refractivity contribution in [1.29, 1.82) is 0 Å². The minimum absolute atomic E-state index is 0.402. The quantitative estimate of drug-likeness (QED) is 0.452. The maximum atomic E-state index is 6.06. The van der Waals surface area contributed by atoms with E-state index in [1.54, 1.807) is 0 Å². The fraction of sp³-hybridized carbons (Fsp3) is 0.174. The van der Waals surface area contributed by atoms with E-state index in [9.17, 15) is 0 Å². The number of para-hydroxylation sites is 2. The van der Waals surface area contributed by atoms with Gasteiger partial charge in [0.15, 0.2) is 11.5 Å². The minimum atomic E-state index is -1.78. The van der Waals surface area contributed by atoms with Crippen molar-refractivity contribution in [3.63, 3.8) is 0 Å². The lowest BCUT2D eigenvalue weighted by molar-refractivity contribution is 0.522. The molecule has 0 fully saturated rings. The SMILES string of the molecule is C[Si](C)(c1ccccc1)[C@@H](Cc1nc2ccccc2o1)c1ccccc1. The maximum absolute atomic E-state index is 6.06. The molecule has 0 unspecified atom stereocenters. The zero-order valence-electron chi connectivity index (χ0n) is 15.2. The Kier molecular flexibility index (Phi) is 4.47. The summed E-state index contributed by atoms with van der Waals surface area (Å²) in [5.41, 5.74) is 3.58. The van der Waals surface area contributed by atoms with E-state index < -0.39 is 8.07 Å². The van der Waals surface area contributed by atoms with Crippen LogP contribution in [0.4, 0.5) is 0 Å². The molecule has 0 saturated carbocycles. The second kappa shape index (κ2) is 6.93. The van der Waals surface area contributed by atoms with Gasteiger partial charge >= 0.3 is 0 Å². The van der Waals surface area contributed by atoms with E-state index in [1.165, 1.54) is 10.8 Å². The molecule has 0 amide bonds. The molecule has 1 aromatic heterocycles. The van der Waals surface area contributed by atoms with Gasteiger partial charge in [0, 0.05) is 6.42 Å². The van der Waals surface area contributed by atoms with Gasteiger partial charge < -0.3 is 4.42 Å². The number of oxazole rings is 1. The predicted molar refractivity (Wildman–Crippen MR) is 110 cm³/mol. The molecule has 4 aromatic rings. The van der Waals surface area contributed by atoms with E-state index in [4.69, 9.17) is 9.40 Å². The molecule has 0 radical (unpaired) electrons. The first-order valence-electron chi connectivity index (χ1n) is 9.09. The Morgan fingerprint density at radius 1 is 0.808 bits per heavy atom. The lowest BCUT2D eigenvalue weighted by Crippen LogP contribution is -2.48. The maximum Gasteiger partial charge on any atom is 0.195 e. The van der Waals surface area contributed by atoms with E-state index in [2.05, 4.69) is 73.8 Å². The summed E-state index contributed by atoms with van der Waals surface area (Å²) in [5, 5.41) is 1.46. The van der Waals surface area contributed by atoms with Gasteiger partial charge in [0.2, 0.25) is 0 Å². The van der Waals surface area contributed by atoms with Crippen LogP contribution in [0, 0.1) is 0 Å². The van der Waals surface area contributed by atoms with E-state index in [1.807, 2.05) is 24.3 Å². The molecule has 0 aliphatic carbocycles. The smallest absolute Gasteiger partial charge is 0.195 e. The molecule has 130 valence electrons. The highest BCUT2D eigenvalue weighted by atomic mass is 28.3. The van der Waals surface area contributed by atoms with Crippen LogP contribution < -0.4 is 5.19 Å². The fourth-order valence-corrected chi connectivity index (χ4v) is 6.89. The average molecular weight is 358 g/mol. The second-order valence-electron chi connectivity index (χ2n) is 7.33. The molecule has 0 N–H and O–H groups in total. The molecule has 0 spiro atoms. The molecular weight excluding hydrogens is 334 g/mol. The third-order valence-electron chi connectivity index (χ3n) is 5.31. The fourth-order valence-electron chi connectivity index (χ4n) is 3.73. The molecule has 3 aromatic carbocycles. The highest BCUT2D eigenvalue weighted by Crippen LogP contribution is 2.31. The largest absolute Gasteiger partial charge is 0.441 e. The number of rotatable bonds is 5. The Hall–Kier alpha value is -2.65. The predicted octanol–water partition coefficient (Wildman–Crippen LogP) is 5.31. The number of hydrogen-bond acceptors (Lipinski definition) is 2. The number of nitrogens with zero attached hydrogens (tertiary/aromatic N) is 1. The molecule has 0 bridgehead atoms. The third kappa shape index (κ3) is 3.23. The minimum Gasteiger partial charge on any atom is -0.441 e. The van der Waals surface area contributed by atoms with Crippen LogP contribution in [0.2, 0.25) is 13.1 Å². The summed E-state index contributed by atoms with van der Waals surface area (Å²) < 4.78 is 6.06. The summed E-state index contributed by atoms with van der Waals surface area (Å²) in [4.78, 5) is 4.74. The van der Waals surface area contributed by atoms with Crippen molar-refractivity contribution >= 4 is 24.4 Å². The zero-order chi connectivity index (χ0) is 18.0. The van der Waals surface area contributed by atoms with Crippen LogP contribution in [0.1, 0.15) is 17.0 Å². The first-order valence-corrected chi connectivity index (χ1v) is 12.2. The van der Waals surface area contributed by atoms with Gasteiger partial charge in [-0.3, -0.25) is 0 Å². The summed E-state index contributed by atoms with van der Waals surface area (Å²) in [6, 6.07) is 29.7. The van der Waals surface area contributed by atoms with Crippen molar-refractivity contribution in [3.05, 3.63) is 96.4 Å². The van der Waals surface area contributed by atoms with Gasteiger partial charge in [0.05, 0.1) is 8.07 Å². The highest BCUT2D eigenvalue weighted by Gasteiger charge is 2.35. The van der Waals surface area contributed by atoms with Crippen LogP contribution in [0.25, 0.3) is 11.1 Å². The van der Waals surface area contributed by atoms with E-state index in [0.717, 1.165) is 23.4 Å². The van der Waals surface area contributed by atoms with Crippen molar-refractivity contribution in [2.75, 3.05) is 0 Å². The number of aromatic nitrogens is 1. The van der Waals surface area contributed by atoms with Crippen molar-refractivity contribution in [3.8, 4) is 0 Å². The van der Waals surface area contributed by atoms with Crippen LogP contribution in [-0.4, -0.2) is 13.1 Å². The van der Waals surface area contributed by atoms with Gasteiger partial charge in [0.1, 0.15) is 5.52 Å². The van der Waals surface area contributed by atoms with Crippen molar-refractivity contribution < 1.29 is 4.42 Å². The van der Waals surface area contributed by atoms with E-state index in [0.29, 0.717) is 5.54 Å². The summed E-state index contributed by atoms with van der Waals surface area (Å²) in [5.74, 6) is 0.830. The molecule has 0 saturated heterocycles. The summed E-state index contributed by atoms with van der Waals surface area (Å²) in [7, 11) is -1.78. The van der Waals surface area contributed by atoms with Crippen molar-refractivity contribution in [2.24, 2.45) is 0 Å². The van der Waals surface area contributed by atoms with Crippen LogP contribution in [0.3, 0.4) is 0 Å². The topological polar surface area (TPSA) is 26.0 Å². The molecule has 2 nitrogen and oxygen atoms in total. The van der Waals surface area contributed by atoms with E-state index >= 15 is 0 Å². The first-order chi connectivity index (χ1) is 12.6. The second-order valence-corrected chi connectivity index (χ2v) is 12.0. The molecule has 1 atom stereocenters. The number of hydrogen-bond donors (Lipinski definition) is 0. The Morgan fingerprint density at radius 3 is 2.12 bits per heavy atom. The molecule has 0 aliphatic rings. The average Bonchev–Trinajstić information content (AvgIpc) is 3.10. The zero-order valence-corrected chi connectivity index (χ0v) is 16.2. The van der Waals surface area contributed by atoms with Gasteiger partial charge in [-0.2, -0.15) is 0 Å². The van der Waals surface area contributed by atoms with Crippen molar-refractivity contribution in [1.82, 2.24) is 4.98 Å². The normalized spacial score (nSPS) is 13.0. The lowest BCUT2D eigenvalue weighted by Gasteiger charge is -2.33. The third-order valence-corrected chi connectivity index (χ3v) is 9.41. The van der Waals surface area contributed by atoms with Gasteiger partial charge in [0.25, 0.3) is 0 Å². The van der Waals surface area contributed by atoms with Gasteiger partial charge in [-0.25, -0.2) is 4.98 Å². The van der Waals surface area contributed by atoms with Gasteiger partial charge in [-0.05, 0) is 23.2 Å². The molecule has 0 aliphatic heterocycles.